The third kappa shape index (κ3) is 3.62. The van der Waals surface area contributed by atoms with Crippen molar-refractivity contribution < 1.29 is 4.42 Å². The number of furan rings is 1. The predicted octanol–water partition coefficient (Wildman–Crippen LogP) is 10.5. The molecule has 0 fully saturated rings. The van der Waals surface area contributed by atoms with Crippen molar-refractivity contribution in [2.24, 2.45) is 0 Å². The van der Waals surface area contributed by atoms with Crippen molar-refractivity contribution in [3.05, 3.63) is 120 Å². The van der Waals surface area contributed by atoms with Gasteiger partial charge in [-0.2, -0.15) is 0 Å². The van der Waals surface area contributed by atoms with E-state index in [1.807, 2.05) is 12.1 Å². The van der Waals surface area contributed by atoms with Gasteiger partial charge in [-0.15, -0.1) is 0 Å². The first-order valence-electron chi connectivity index (χ1n) is 13.8. The SMILES string of the molecule is CC1(C)c2ccccc2-c2ccc(N(c3ccccc3-c3ccc4oc5ccccc5c4c3)C(C)(C)C)cc21. The fourth-order valence-corrected chi connectivity index (χ4v) is 6.53. The highest BCUT2D eigenvalue weighted by molar-refractivity contribution is 6.06. The van der Waals surface area contributed by atoms with Gasteiger partial charge in [0.25, 0.3) is 0 Å². The minimum atomic E-state index is -0.146. The molecule has 5 aromatic carbocycles. The number of hydrogen-bond donors (Lipinski definition) is 0. The summed E-state index contributed by atoms with van der Waals surface area (Å²) in [7, 11) is 0. The summed E-state index contributed by atoms with van der Waals surface area (Å²) in [5.41, 5.74) is 12.0. The second-order valence-electron chi connectivity index (χ2n) is 12.2. The van der Waals surface area contributed by atoms with Crippen LogP contribution < -0.4 is 4.90 Å². The summed E-state index contributed by atoms with van der Waals surface area (Å²) >= 11 is 0. The normalized spacial score (nSPS) is 14.0. The van der Waals surface area contributed by atoms with Gasteiger partial charge in [-0.25, -0.2) is 0 Å². The van der Waals surface area contributed by atoms with E-state index in [4.69, 9.17) is 4.42 Å². The zero-order valence-corrected chi connectivity index (χ0v) is 23.2. The standard InChI is InChI=1S/C37H33NO/c1-36(2,3)38(25-19-20-28-27-13-6-9-15-31(27)37(4,5)32(28)23-25)33-16-10-7-12-26(33)24-18-21-35-30(22-24)29-14-8-11-17-34(29)39-35/h6-23H,1-5H3. The number of para-hydroxylation sites is 2. The molecule has 2 nitrogen and oxygen atoms in total. The van der Waals surface area contributed by atoms with Crippen LogP contribution in [0, 0.1) is 0 Å². The molecule has 0 saturated carbocycles. The topological polar surface area (TPSA) is 16.4 Å². The summed E-state index contributed by atoms with van der Waals surface area (Å²) in [6.07, 6.45) is 0. The van der Waals surface area contributed by atoms with Crippen LogP contribution in [0.3, 0.4) is 0 Å². The molecular weight excluding hydrogens is 474 g/mol. The number of benzene rings is 5. The van der Waals surface area contributed by atoms with Crippen LogP contribution in [-0.2, 0) is 5.41 Å². The van der Waals surface area contributed by atoms with Crippen LogP contribution in [0.1, 0.15) is 45.7 Å². The molecule has 0 unspecified atom stereocenters. The summed E-state index contributed by atoms with van der Waals surface area (Å²) in [6.45, 7) is 11.6. The molecule has 6 aromatic rings. The van der Waals surface area contributed by atoms with Gasteiger partial charge < -0.3 is 9.32 Å². The second-order valence-corrected chi connectivity index (χ2v) is 12.2. The van der Waals surface area contributed by atoms with Gasteiger partial charge in [0.05, 0.1) is 0 Å². The summed E-state index contributed by atoms with van der Waals surface area (Å²) in [5, 5.41) is 2.30. The molecule has 0 atom stereocenters. The van der Waals surface area contributed by atoms with Crippen molar-refractivity contribution in [3.63, 3.8) is 0 Å². The average molecular weight is 508 g/mol. The van der Waals surface area contributed by atoms with E-state index in [1.165, 1.54) is 44.8 Å². The van der Waals surface area contributed by atoms with E-state index < -0.39 is 0 Å². The highest BCUT2D eigenvalue weighted by Crippen LogP contribution is 2.51. The number of fused-ring (bicyclic) bond motifs is 6. The maximum atomic E-state index is 6.12. The number of anilines is 2. The molecule has 0 amide bonds. The van der Waals surface area contributed by atoms with E-state index in [1.54, 1.807) is 0 Å². The van der Waals surface area contributed by atoms with E-state index in [9.17, 15) is 0 Å². The fourth-order valence-electron chi connectivity index (χ4n) is 6.53. The Hall–Kier alpha value is -4.30. The molecule has 1 aliphatic carbocycles. The lowest BCUT2D eigenvalue weighted by molar-refractivity contribution is 0.560. The monoisotopic (exact) mass is 507 g/mol. The molecule has 0 saturated heterocycles. The molecule has 0 radical (unpaired) electrons. The lowest BCUT2D eigenvalue weighted by Crippen LogP contribution is -2.38. The van der Waals surface area contributed by atoms with Crippen LogP contribution in [-0.4, -0.2) is 5.54 Å². The van der Waals surface area contributed by atoms with Crippen molar-refractivity contribution in [2.45, 2.75) is 45.6 Å². The second kappa shape index (κ2) is 8.35. The van der Waals surface area contributed by atoms with Crippen molar-refractivity contribution >= 4 is 33.3 Å². The van der Waals surface area contributed by atoms with Crippen molar-refractivity contribution in [3.8, 4) is 22.3 Å². The van der Waals surface area contributed by atoms with Crippen LogP contribution in [0.25, 0.3) is 44.2 Å². The van der Waals surface area contributed by atoms with Gasteiger partial charge in [0, 0.05) is 38.7 Å². The van der Waals surface area contributed by atoms with Crippen LogP contribution in [0.5, 0.6) is 0 Å². The quantitative estimate of drug-likeness (QED) is 0.237. The van der Waals surface area contributed by atoms with Crippen LogP contribution >= 0.6 is 0 Å². The van der Waals surface area contributed by atoms with E-state index in [0.717, 1.165) is 21.9 Å². The Labute approximate surface area is 230 Å². The molecule has 7 rings (SSSR count). The molecule has 1 aliphatic rings. The Morgan fingerprint density at radius 2 is 1.26 bits per heavy atom. The van der Waals surface area contributed by atoms with Crippen molar-refractivity contribution in [1.29, 1.82) is 0 Å². The Kier molecular flexibility index (Phi) is 5.09. The molecule has 0 aliphatic heterocycles. The molecule has 0 bridgehead atoms. The Balaban J connectivity index is 1.40. The largest absolute Gasteiger partial charge is 0.456 e. The highest BCUT2D eigenvalue weighted by atomic mass is 16.3. The van der Waals surface area contributed by atoms with Crippen molar-refractivity contribution in [1.82, 2.24) is 0 Å². The van der Waals surface area contributed by atoms with Gasteiger partial charge >= 0.3 is 0 Å². The molecule has 0 N–H and O–H groups in total. The van der Waals surface area contributed by atoms with Crippen molar-refractivity contribution in [2.75, 3.05) is 4.90 Å². The van der Waals surface area contributed by atoms with E-state index in [0.29, 0.717) is 0 Å². The zero-order valence-electron chi connectivity index (χ0n) is 23.2. The summed E-state index contributed by atoms with van der Waals surface area (Å²) in [5.74, 6) is 0. The molecule has 192 valence electrons. The molecular formula is C37H33NO. The first-order valence-corrected chi connectivity index (χ1v) is 13.8. The van der Waals surface area contributed by atoms with Gasteiger partial charge in [-0.05, 0) is 85.0 Å². The minimum absolute atomic E-state index is 0.0433. The third-order valence-corrected chi connectivity index (χ3v) is 8.33. The Morgan fingerprint density at radius 3 is 2.08 bits per heavy atom. The van der Waals surface area contributed by atoms with Gasteiger partial charge in [0.1, 0.15) is 11.2 Å². The van der Waals surface area contributed by atoms with E-state index in [2.05, 4.69) is 137 Å². The maximum Gasteiger partial charge on any atom is 0.135 e. The highest BCUT2D eigenvalue weighted by Gasteiger charge is 2.36. The Morgan fingerprint density at radius 1 is 0.590 bits per heavy atom. The number of hydrogen-bond acceptors (Lipinski definition) is 2. The lowest BCUT2D eigenvalue weighted by atomic mass is 9.82. The molecule has 1 aromatic heterocycles. The summed E-state index contributed by atoms with van der Waals surface area (Å²) < 4.78 is 6.12. The zero-order chi connectivity index (χ0) is 26.9. The number of nitrogens with zero attached hydrogens (tertiary/aromatic N) is 1. The van der Waals surface area contributed by atoms with Crippen LogP contribution in [0.4, 0.5) is 11.4 Å². The molecule has 0 spiro atoms. The van der Waals surface area contributed by atoms with Crippen LogP contribution in [0.2, 0.25) is 0 Å². The average Bonchev–Trinajstić information content (AvgIpc) is 3.41. The minimum Gasteiger partial charge on any atom is -0.456 e. The first kappa shape index (κ1) is 23.8. The predicted molar refractivity (Wildman–Crippen MR) is 165 cm³/mol. The van der Waals surface area contributed by atoms with Gasteiger partial charge in [0.15, 0.2) is 0 Å². The smallest absolute Gasteiger partial charge is 0.135 e. The molecule has 39 heavy (non-hydrogen) atoms. The van der Waals surface area contributed by atoms with E-state index >= 15 is 0 Å². The van der Waals surface area contributed by atoms with Gasteiger partial charge in [-0.1, -0.05) is 86.6 Å². The third-order valence-electron chi connectivity index (χ3n) is 8.33. The molecule has 1 heterocycles. The van der Waals surface area contributed by atoms with Gasteiger partial charge in [0.2, 0.25) is 0 Å². The number of rotatable bonds is 3. The Bertz CT molecular complexity index is 1880. The summed E-state index contributed by atoms with van der Waals surface area (Å²) in [4.78, 5) is 2.50. The maximum absolute atomic E-state index is 6.12. The summed E-state index contributed by atoms with van der Waals surface area (Å²) in [6, 6.07) is 39.5. The van der Waals surface area contributed by atoms with Gasteiger partial charge in [-0.3, -0.25) is 0 Å². The van der Waals surface area contributed by atoms with E-state index in [-0.39, 0.29) is 11.0 Å². The molecule has 2 heteroatoms. The lowest BCUT2D eigenvalue weighted by Gasteiger charge is -2.39. The fraction of sp³-hybridized carbons (Fsp3) is 0.189. The van der Waals surface area contributed by atoms with Crippen LogP contribution in [0.15, 0.2) is 114 Å². The first-order chi connectivity index (χ1) is 18.7.